The molecule has 0 saturated heterocycles. The normalized spacial score (nSPS) is 10.2. The molecule has 1 aromatic heterocycles. The van der Waals surface area contributed by atoms with Crippen molar-refractivity contribution in [3.05, 3.63) is 39.9 Å². The van der Waals surface area contributed by atoms with Crippen molar-refractivity contribution in [2.24, 2.45) is 11.7 Å². The van der Waals surface area contributed by atoms with Crippen LogP contribution in [0.1, 0.15) is 39.7 Å². The van der Waals surface area contributed by atoms with Gasteiger partial charge in [-0.25, -0.2) is 9.59 Å². The van der Waals surface area contributed by atoms with Gasteiger partial charge in [0.2, 0.25) is 11.6 Å². The number of hydrogen-bond donors (Lipinski definition) is 3. The van der Waals surface area contributed by atoms with Crippen LogP contribution in [-0.4, -0.2) is 58.4 Å². The highest BCUT2D eigenvalue weighted by atomic mass is 16.6. The van der Waals surface area contributed by atoms with E-state index in [0.29, 0.717) is 18.5 Å². The van der Waals surface area contributed by atoms with Crippen molar-refractivity contribution in [3.63, 3.8) is 0 Å². The van der Waals surface area contributed by atoms with Crippen LogP contribution < -0.4 is 25.8 Å². The number of amides is 1. The summed E-state index contributed by atoms with van der Waals surface area (Å²) in [5.74, 6) is -1.03. The summed E-state index contributed by atoms with van der Waals surface area (Å²) in [6.45, 7) is 7.73. The summed E-state index contributed by atoms with van der Waals surface area (Å²) in [7, 11) is 0. The lowest BCUT2D eigenvalue weighted by Crippen LogP contribution is -2.33. The van der Waals surface area contributed by atoms with Crippen molar-refractivity contribution < 1.29 is 33.8 Å². The van der Waals surface area contributed by atoms with E-state index in [1.54, 1.807) is 19.1 Å². The van der Waals surface area contributed by atoms with Gasteiger partial charge < -0.3 is 30.8 Å². The third-order valence-electron chi connectivity index (χ3n) is 3.98. The zero-order valence-corrected chi connectivity index (χ0v) is 21.4. The van der Waals surface area contributed by atoms with E-state index in [2.05, 4.69) is 30.7 Å². The van der Waals surface area contributed by atoms with E-state index >= 15 is 0 Å². The van der Waals surface area contributed by atoms with Gasteiger partial charge in [-0.15, -0.1) is 0 Å². The fourth-order valence-corrected chi connectivity index (χ4v) is 2.60. The quantitative estimate of drug-likeness (QED) is 0.209. The van der Waals surface area contributed by atoms with Crippen LogP contribution >= 0.6 is 0 Å². The third kappa shape index (κ3) is 10.9. The van der Waals surface area contributed by atoms with Crippen molar-refractivity contribution in [3.8, 4) is 11.8 Å². The number of nitrogens with zero attached hydrogens (tertiary/aromatic N) is 4. The molecule has 5 N–H and O–H groups in total. The first-order chi connectivity index (χ1) is 17.5. The first-order valence-electron chi connectivity index (χ1n) is 11.5. The monoisotopic (exact) mass is 522 g/mol. The number of carbonyl (C=O) groups excluding carboxylic acids is 1. The van der Waals surface area contributed by atoms with Crippen LogP contribution in [0.3, 0.4) is 0 Å². The Morgan fingerprint density at radius 2 is 1.89 bits per heavy atom. The number of carbonyl (C=O) groups is 2. The van der Waals surface area contributed by atoms with Crippen LogP contribution in [0, 0.1) is 16.0 Å². The number of ether oxygens (including phenoxy) is 3. The van der Waals surface area contributed by atoms with Gasteiger partial charge in [0, 0.05) is 0 Å². The predicted molar refractivity (Wildman–Crippen MR) is 136 cm³/mol. The smallest absolute Gasteiger partial charge is 0.415 e. The van der Waals surface area contributed by atoms with Gasteiger partial charge in [-0.1, -0.05) is 32.9 Å². The van der Waals surface area contributed by atoms with E-state index in [-0.39, 0.29) is 31.5 Å². The zero-order chi connectivity index (χ0) is 28.0. The molecular formula is C23H34N6O8. The molecule has 0 aliphatic rings. The van der Waals surface area contributed by atoms with Crippen LogP contribution in [0.15, 0.2) is 24.3 Å². The van der Waals surface area contributed by atoms with Crippen molar-refractivity contribution in [1.29, 1.82) is 0 Å². The van der Waals surface area contributed by atoms with Gasteiger partial charge in [0.05, 0.1) is 24.7 Å². The SMILES string of the molecule is CC(C)C.CCOC(=O)N(Cc1cccc(OCC(=O)O)c1)c1nc(OCCCN)nc(N)c1[N+](=O)[O-]. The maximum Gasteiger partial charge on any atom is 0.415 e. The Bertz CT molecular complexity index is 1050. The van der Waals surface area contributed by atoms with Gasteiger partial charge in [0.25, 0.3) is 0 Å². The van der Waals surface area contributed by atoms with Crippen molar-refractivity contribution in [2.75, 3.05) is 37.0 Å². The van der Waals surface area contributed by atoms with Crippen LogP contribution in [0.25, 0.3) is 0 Å². The van der Waals surface area contributed by atoms with Crippen molar-refractivity contribution in [1.82, 2.24) is 9.97 Å². The minimum absolute atomic E-state index is 0.00861. The molecule has 0 atom stereocenters. The molecule has 0 spiro atoms. The highest BCUT2D eigenvalue weighted by Crippen LogP contribution is 2.34. The molecule has 1 amide bonds. The second-order valence-electron chi connectivity index (χ2n) is 8.16. The number of nitrogens with two attached hydrogens (primary N) is 2. The molecule has 2 rings (SSSR count). The lowest BCUT2D eigenvalue weighted by molar-refractivity contribution is -0.383. The number of nitrogen functional groups attached to an aromatic ring is 1. The van der Waals surface area contributed by atoms with Crippen molar-refractivity contribution >= 4 is 29.4 Å². The molecule has 1 aromatic carbocycles. The van der Waals surface area contributed by atoms with Crippen LogP contribution in [0.5, 0.6) is 11.8 Å². The molecule has 1 heterocycles. The van der Waals surface area contributed by atoms with E-state index in [0.717, 1.165) is 10.8 Å². The Labute approximate surface area is 214 Å². The van der Waals surface area contributed by atoms with E-state index in [4.69, 9.17) is 30.8 Å². The molecule has 0 aliphatic heterocycles. The first kappa shape index (κ1) is 30.8. The van der Waals surface area contributed by atoms with Crippen LogP contribution in [0.2, 0.25) is 0 Å². The van der Waals surface area contributed by atoms with E-state index in [1.165, 1.54) is 12.1 Å². The number of anilines is 2. The van der Waals surface area contributed by atoms with Crippen LogP contribution in [0.4, 0.5) is 22.1 Å². The number of carboxylic acids is 1. The summed E-state index contributed by atoms with van der Waals surface area (Å²) >= 11 is 0. The lowest BCUT2D eigenvalue weighted by Gasteiger charge is -2.21. The molecule has 0 aliphatic carbocycles. The second kappa shape index (κ2) is 15.7. The summed E-state index contributed by atoms with van der Waals surface area (Å²) in [6, 6.07) is 5.91. The average Bonchev–Trinajstić information content (AvgIpc) is 2.81. The molecule has 14 heteroatoms. The number of carboxylic acid groups (broad SMARTS) is 1. The molecular weight excluding hydrogens is 488 g/mol. The Kier molecular flexibility index (Phi) is 13.1. The minimum Gasteiger partial charge on any atom is -0.482 e. The fourth-order valence-electron chi connectivity index (χ4n) is 2.60. The highest BCUT2D eigenvalue weighted by Gasteiger charge is 2.32. The molecule has 0 fully saturated rings. The molecule has 0 saturated carbocycles. The topological polar surface area (TPSA) is 206 Å². The molecule has 37 heavy (non-hydrogen) atoms. The van der Waals surface area contributed by atoms with Gasteiger partial charge in [0.15, 0.2) is 6.61 Å². The Morgan fingerprint density at radius 1 is 1.22 bits per heavy atom. The summed E-state index contributed by atoms with van der Waals surface area (Å²) in [6.07, 6.45) is -0.455. The third-order valence-corrected chi connectivity index (χ3v) is 3.98. The lowest BCUT2D eigenvalue weighted by atomic mass is 10.2. The van der Waals surface area contributed by atoms with E-state index in [1.807, 2.05) is 0 Å². The van der Waals surface area contributed by atoms with Crippen molar-refractivity contribution in [2.45, 2.75) is 40.7 Å². The number of hydrogen-bond acceptors (Lipinski definition) is 11. The molecule has 14 nitrogen and oxygen atoms in total. The maximum atomic E-state index is 12.7. The van der Waals surface area contributed by atoms with Gasteiger partial charge in [-0.05, 0) is 43.5 Å². The Hall–Kier alpha value is -4.20. The van der Waals surface area contributed by atoms with Gasteiger partial charge >= 0.3 is 23.8 Å². The number of rotatable bonds is 12. The summed E-state index contributed by atoms with van der Waals surface area (Å²) < 4.78 is 15.5. The maximum absolute atomic E-state index is 12.7. The standard InChI is InChI=1S/C19H24N6O8.C4H10/c1-2-31-19(28)24(10-12-5-3-6-13(9-12)33-11-14(26)27)17-15(25(29)30)16(21)22-18(23-17)32-8-4-7-20;1-4(2)3/h3,5-6,9H,2,4,7-8,10-11,20H2,1H3,(H,26,27)(H2,21,22,23);4H,1-3H3. The zero-order valence-electron chi connectivity index (χ0n) is 21.4. The molecule has 0 unspecified atom stereocenters. The first-order valence-corrected chi connectivity index (χ1v) is 11.5. The Balaban J connectivity index is 0.00000159. The Morgan fingerprint density at radius 3 is 2.46 bits per heavy atom. The minimum atomic E-state index is -1.16. The number of aromatic nitrogens is 2. The average molecular weight is 523 g/mol. The molecule has 204 valence electrons. The molecule has 0 radical (unpaired) electrons. The summed E-state index contributed by atoms with van der Waals surface area (Å²) in [5.41, 5.74) is 10.9. The number of nitro groups is 1. The highest BCUT2D eigenvalue weighted by molar-refractivity contribution is 5.90. The summed E-state index contributed by atoms with van der Waals surface area (Å²) in [5, 5.41) is 20.5. The second-order valence-corrected chi connectivity index (χ2v) is 8.16. The molecule has 0 bridgehead atoms. The van der Waals surface area contributed by atoms with E-state index in [9.17, 15) is 19.7 Å². The largest absolute Gasteiger partial charge is 0.482 e. The summed E-state index contributed by atoms with van der Waals surface area (Å²) in [4.78, 5) is 43.1. The van der Waals surface area contributed by atoms with Crippen LogP contribution in [-0.2, 0) is 16.1 Å². The van der Waals surface area contributed by atoms with E-state index < -0.39 is 40.9 Å². The number of benzene rings is 1. The van der Waals surface area contributed by atoms with Gasteiger partial charge in [-0.2, -0.15) is 9.97 Å². The number of aliphatic carboxylic acids is 1. The van der Waals surface area contributed by atoms with Gasteiger partial charge in [-0.3, -0.25) is 15.0 Å². The predicted octanol–water partition coefficient (Wildman–Crippen LogP) is 2.98. The fraction of sp³-hybridized carbons (Fsp3) is 0.478. The molecule has 2 aromatic rings. The van der Waals surface area contributed by atoms with Gasteiger partial charge in [0.1, 0.15) is 5.75 Å².